The molecule has 0 amide bonds. The fourth-order valence-corrected chi connectivity index (χ4v) is 4.04. The van der Waals surface area contributed by atoms with Crippen LogP contribution in [0, 0.1) is 10.1 Å². The minimum Gasteiger partial charge on any atom is -0.432 e. The number of dihydropyridines is 1. The Morgan fingerprint density at radius 2 is 1.59 bits per heavy atom. The van der Waals surface area contributed by atoms with Crippen molar-refractivity contribution >= 4 is 18.0 Å². The molecule has 1 aliphatic heterocycles. The standard InChI is InChI=1S/C28H40N2O9/c1-6-7-8-9-10-11-15-35-16-17-36-27(31)38-25-20(4)29-21(5)26(39-28(32)37-19(2)3)24(25)22-13-12-14-23(18-22)30(33)34/h12-14,18-19,24,29H,6-11,15-17H2,1-5H3. The molecular weight excluding hydrogens is 508 g/mol. The van der Waals surface area contributed by atoms with Crippen LogP contribution in [0.15, 0.2) is 47.2 Å². The molecule has 1 aromatic rings. The molecule has 11 heteroatoms. The highest BCUT2D eigenvalue weighted by atomic mass is 16.7. The Kier molecular flexibility index (Phi) is 13.3. The van der Waals surface area contributed by atoms with E-state index < -0.39 is 29.3 Å². The number of allylic oxidation sites excluding steroid dienone is 2. The lowest BCUT2D eigenvalue weighted by atomic mass is 9.90. The monoisotopic (exact) mass is 548 g/mol. The van der Waals surface area contributed by atoms with Crippen molar-refractivity contribution in [2.45, 2.75) is 85.2 Å². The molecule has 1 aromatic carbocycles. The molecule has 216 valence electrons. The van der Waals surface area contributed by atoms with Gasteiger partial charge in [0.25, 0.3) is 5.69 Å². The summed E-state index contributed by atoms with van der Waals surface area (Å²) in [6.45, 7) is 9.67. The summed E-state index contributed by atoms with van der Waals surface area (Å²) in [5, 5.41) is 14.4. The molecule has 0 aliphatic carbocycles. The van der Waals surface area contributed by atoms with Crippen molar-refractivity contribution in [3.8, 4) is 0 Å². The van der Waals surface area contributed by atoms with Crippen molar-refractivity contribution in [2.75, 3.05) is 19.8 Å². The molecule has 0 aromatic heterocycles. The number of carbonyl (C=O) groups excluding carboxylic acids is 2. The first kappa shape index (κ1) is 31.6. The number of ether oxygens (including phenoxy) is 5. The molecule has 0 saturated heterocycles. The molecule has 1 aliphatic rings. The summed E-state index contributed by atoms with van der Waals surface area (Å²) in [5.41, 5.74) is 1.11. The van der Waals surface area contributed by atoms with E-state index in [1.807, 2.05) is 0 Å². The van der Waals surface area contributed by atoms with Gasteiger partial charge in [-0.25, -0.2) is 9.59 Å². The largest absolute Gasteiger partial charge is 0.513 e. The normalized spacial score (nSPS) is 15.2. The summed E-state index contributed by atoms with van der Waals surface area (Å²) in [6.07, 6.45) is 4.55. The van der Waals surface area contributed by atoms with Gasteiger partial charge in [0.1, 0.15) is 24.0 Å². The van der Waals surface area contributed by atoms with Gasteiger partial charge in [0, 0.05) is 18.7 Å². The number of nitrogens with zero attached hydrogens (tertiary/aromatic N) is 1. The highest BCUT2D eigenvalue weighted by molar-refractivity contribution is 5.65. The first-order chi connectivity index (χ1) is 18.6. The van der Waals surface area contributed by atoms with Gasteiger partial charge in [0.15, 0.2) is 0 Å². The van der Waals surface area contributed by atoms with Gasteiger partial charge in [-0.2, -0.15) is 0 Å². The summed E-state index contributed by atoms with van der Waals surface area (Å²) < 4.78 is 26.9. The zero-order valence-electron chi connectivity index (χ0n) is 23.4. The number of hydrogen-bond acceptors (Lipinski definition) is 10. The van der Waals surface area contributed by atoms with Gasteiger partial charge in [0.2, 0.25) is 0 Å². The Morgan fingerprint density at radius 1 is 0.949 bits per heavy atom. The van der Waals surface area contributed by atoms with E-state index in [0.29, 0.717) is 23.6 Å². The van der Waals surface area contributed by atoms with Crippen LogP contribution in [-0.2, 0) is 23.7 Å². The van der Waals surface area contributed by atoms with E-state index in [1.165, 1.54) is 43.9 Å². The van der Waals surface area contributed by atoms with Gasteiger partial charge in [0.05, 0.1) is 29.0 Å². The van der Waals surface area contributed by atoms with Crippen LogP contribution in [0.4, 0.5) is 15.3 Å². The summed E-state index contributed by atoms with van der Waals surface area (Å²) in [5.74, 6) is -0.800. The molecule has 11 nitrogen and oxygen atoms in total. The van der Waals surface area contributed by atoms with E-state index >= 15 is 0 Å². The van der Waals surface area contributed by atoms with Crippen molar-refractivity contribution in [3.05, 3.63) is 62.9 Å². The first-order valence-corrected chi connectivity index (χ1v) is 13.4. The molecular formula is C28H40N2O9. The molecule has 2 rings (SSSR count). The molecule has 0 spiro atoms. The topological polar surface area (TPSA) is 135 Å². The predicted octanol–water partition coefficient (Wildman–Crippen LogP) is 6.84. The Labute approximate surface area is 229 Å². The maximum atomic E-state index is 12.6. The molecule has 0 radical (unpaired) electrons. The van der Waals surface area contributed by atoms with E-state index in [9.17, 15) is 19.7 Å². The van der Waals surface area contributed by atoms with Gasteiger partial charge in [-0.1, -0.05) is 51.2 Å². The molecule has 0 fully saturated rings. The zero-order valence-corrected chi connectivity index (χ0v) is 23.4. The van der Waals surface area contributed by atoms with Crippen LogP contribution in [0.5, 0.6) is 0 Å². The van der Waals surface area contributed by atoms with Gasteiger partial charge >= 0.3 is 12.3 Å². The number of hydrogen-bond donors (Lipinski definition) is 1. The van der Waals surface area contributed by atoms with Crippen LogP contribution in [0.3, 0.4) is 0 Å². The summed E-state index contributed by atoms with van der Waals surface area (Å²) in [7, 11) is 0. The molecule has 1 N–H and O–H groups in total. The van der Waals surface area contributed by atoms with Crippen molar-refractivity contribution in [3.63, 3.8) is 0 Å². The molecule has 1 unspecified atom stereocenters. The van der Waals surface area contributed by atoms with Crippen molar-refractivity contribution in [1.29, 1.82) is 0 Å². The van der Waals surface area contributed by atoms with Gasteiger partial charge in [-0.05, 0) is 39.7 Å². The fourth-order valence-electron chi connectivity index (χ4n) is 4.04. The van der Waals surface area contributed by atoms with Crippen molar-refractivity contribution < 1.29 is 38.2 Å². The SMILES string of the molecule is CCCCCCCCOCCOC(=O)OC1=C(C)NC(C)=C(OC(=O)OC(C)C)C1c1cccc([N+](=O)[O-])c1. The lowest BCUT2D eigenvalue weighted by Crippen LogP contribution is -2.29. The van der Waals surface area contributed by atoms with E-state index in [-0.39, 0.29) is 30.4 Å². The Hall–Kier alpha value is -3.60. The Bertz CT molecular complexity index is 1050. The zero-order chi connectivity index (χ0) is 28.8. The third-order valence-electron chi connectivity index (χ3n) is 5.86. The minimum absolute atomic E-state index is 0.00512. The number of nitrogens with one attached hydrogen (secondary N) is 1. The predicted molar refractivity (Wildman–Crippen MR) is 144 cm³/mol. The molecule has 1 heterocycles. The molecule has 1 atom stereocenters. The number of unbranched alkanes of at least 4 members (excludes halogenated alkanes) is 5. The third kappa shape index (κ3) is 10.6. The highest BCUT2D eigenvalue weighted by Gasteiger charge is 2.36. The van der Waals surface area contributed by atoms with Crippen molar-refractivity contribution in [1.82, 2.24) is 5.32 Å². The van der Waals surface area contributed by atoms with E-state index in [0.717, 1.165) is 12.8 Å². The maximum absolute atomic E-state index is 12.6. The average Bonchev–Trinajstić information content (AvgIpc) is 2.87. The number of nitro groups is 1. The molecule has 0 saturated carbocycles. The second-order valence-corrected chi connectivity index (χ2v) is 9.49. The number of carbonyl (C=O) groups is 2. The maximum Gasteiger partial charge on any atom is 0.513 e. The summed E-state index contributed by atoms with van der Waals surface area (Å²) in [6, 6.07) is 5.79. The second-order valence-electron chi connectivity index (χ2n) is 9.49. The van der Waals surface area contributed by atoms with E-state index in [2.05, 4.69) is 12.2 Å². The quantitative estimate of drug-likeness (QED) is 0.107. The summed E-state index contributed by atoms with van der Waals surface area (Å²) >= 11 is 0. The van der Waals surface area contributed by atoms with Gasteiger partial charge < -0.3 is 29.0 Å². The third-order valence-corrected chi connectivity index (χ3v) is 5.86. The molecule has 0 bridgehead atoms. The van der Waals surface area contributed by atoms with Crippen LogP contribution < -0.4 is 5.32 Å². The Balaban J connectivity index is 2.09. The average molecular weight is 549 g/mol. The number of nitro benzene ring substituents is 1. The fraction of sp³-hybridized carbons (Fsp3) is 0.571. The lowest BCUT2D eigenvalue weighted by molar-refractivity contribution is -0.384. The molecule has 39 heavy (non-hydrogen) atoms. The summed E-state index contributed by atoms with van der Waals surface area (Å²) in [4.78, 5) is 35.8. The number of non-ortho nitro benzene ring substituents is 1. The lowest BCUT2D eigenvalue weighted by Gasteiger charge is -2.30. The van der Waals surface area contributed by atoms with Crippen LogP contribution in [0.25, 0.3) is 0 Å². The smallest absolute Gasteiger partial charge is 0.432 e. The Morgan fingerprint density at radius 3 is 2.23 bits per heavy atom. The number of rotatable bonds is 15. The van der Waals surface area contributed by atoms with Gasteiger partial charge in [-0.3, -0.25) is 10.1 Å². The van der Waals surface area contributed by atoms with Crippen LogP contribution in [0.1, 0.15) is 84.6 Å². The van der Waals surface area contributed by atoms with Gasteiger partial charge in [-0.15, -0.1) is 0 Å². The van der Waals surface area contributed by atoms with Crippen LogP contribution in [0.2, 0.25) is 0 Å². The minimum atomic E-state index is -0.978. The first-order valence-electron chi connectivity index (χ1n) is 13.4. The highest BCUT2D eigenvalue weighted by Crippen LogP contribution is 2.40. The second kappa shape index (κ2) is 16.4. The number of benzene rings is 1. The van der Waals surface area contributed by atoms with E-state index in [1.54, 1.807) is 33.8 Å². The van der Waals surface area contributed by atoms with Crippen molar-refractivity contribution in [2.24, 2.45) is 0 Å². The van der Waals surface area contributed by atoms with Crippen LogP contribution >= 0.6 is 0 Å². The van der Waals surface area contributed by atoms with E-state index in [4.69, 9.17) is 23.7 Å². The van der Waals surface area contributed by atoms with Crippen LogP contribution in [-0.4, -0.2) is 43.2 Å².